The number of non-ortho nitro benzene ring substituents is 1. The maximum atomic E-state index is 10.8. The van der Waals surface area contributed by atoms with Gasteiger partial charge in [0, 0.05) is 26.8 Å². The zero-order chi connectivity index (χ0) is 18.6. The number of methoxy groups -OCH3 is 1. The van der Waals surface area contributed by atoms with Gasteiger partial charge in [-0.1, -0.05) is 19.6 Å². The summed E-state index contributed by atoms with van der Waals surface area (Å²) in [5.41, 5.74) is 2.50. The van der Waals surface area contributed by atoms with Gasteiger partial charge in [0.1, 0.15) is 6.73 Å². The Morgan fingerprint density at radius 2 is 1.88 bits per heavy atom. The Balaban J connectivity index is 2.19. The summed E-state index contributed by atoms with van der Waals surface area (Å²) in [6, 6.07) is 7.47. The van der Waals surface area contributed by atoms with Crippen LogP contribution >= 0.6 is 0 Å². The van der Waals surface area contributed by atoms with E-state index in [4.69, 9.17) is 9.47 Å². The van der Waals surface area contributed by atoms with Gasteiger partial charge in [0.15, 0.2) is 0 Å². The van der Waals surface area contributed by atoms with E-state index in [1.807, 2.05) is 6.92 Å². The van der Waals surface area contributed by atoms with Crippen LogP contribution in [0, 0.1) is 17.0 Å². The lowest BCUT2D eigenvalue weighted by atomic mass is 10.1. The van der Waals surface area contributed by atoms with Crippen LogP contribution in [0.25, 0.3) is 11.1 Å². The second kappa shape index (κ2) is 7.79. The number of aryl methyl sites for hydroxylation is 1. The molecular weight excluding hydrogens is 338 g/mol. The molecule has 0 unspecified atom stereocenters. The Hall–Kier alpha value is -2.19. The van der Waals surface area contributed by atoms with Crippen molar-refractivity contribution >= 4 is 13.8 Å². The second-order valence-corrected chi connectivity index (χ2v) is 12.7. The number of rotatable bonds is 8. The van der Waals surface area contributed by atoms with E-state index in [0.29, 0.717) is 19.2 Å². The van der Waals surface area contributed by atoms with Crippen molar-refractivity contribution in [3.63, 3.8) is 0 Å². The quantitative estimate of drug-likeness (QED) is 0.305. The van der Waals surface area contributed by atoms with Crippen LogP contribution in [-0.4, -0.2) is 36.5 Å². The molecule has 0 saturated heterocycles. The zero-order valence-electron chi connectivity index (χ0n) is 15.4. The number of hydrogen-bond acceptors (Lipinski definition) is 5. The van der Waals surface area contributed by atoms with E-state index in [9.17, 15) is 10.1 Å². The van der Waals surface area contributed by atoms with Crippen LogP contribution in [0.5, 0.6) is 5.88 Å². The van der Waals surface area contributed by atoms with E-state index >= 15 is 0 Å². The number of nitro groups is 1. The van der Waals surface area contributed by atoms with Gasteiger partial charge in [-0.2, -0.15) is 5.10 Å². The summed E-state index contributed by atoms with van der Waals surface area (Å²) in [5.74, 6) is 0.597. The molecular formula is C17H25N3O4Si. The summed E-state index contributed by atoms with van der Waals surface area (Å²) in [5, 5.41) is 15.3. The predicted octanol–water partition coefficient (Wildman–Crippen LogP) is 4.09. The summed E-state index contributed by atoms with van der Waals surface area (Å²) in [6.07, 6.45) is 0. The first-order valence-corrected chi connectivity index (χ1v) is 11.9. The molecule has 0 aliphatic carbocycles. The van der Waals surface area contributed by atoms with Crippen molar-refractivity contribution in [3.05, 3.63) is 40.1 Å². The lowest BCUT2D eigenvalue weighted by molar-refractivity contribution is -0.384. The molecule has 0 radical (unpaired) electrons. The maximum Gasteiger partial charge on any atom is 0.269 e. The van der Waals surface area contributed by atoms with Gasteiger partial charge >= 0.3 is 0 Å². The Morgan fingerprint density at radius 1 is 1.24 bits per heavy atom. The van der Waals surface area contributed by atoms with Crippen LogP contribution in [0.1, 0.15) is 5.69 Å². The molecule has 0 aliphatic heterocycles. The maximum absolute atomic E-state index is 10.8. The van der Waals surface area contributed by atoms with Gasteiger partial charge in [-0.15, -0.1) is 0 Å². The van der Waals surface area contributed by atoms with E-state index in [-0.39, 0.29) is 5.69 Å². The molecule has 0 saturated carbocycles. The first-order valence-electron chi connectivity index (χ1n) is 8.17. The third-order valence-corrected chi connectivity index (χ3v) is 5.56. The topological polar surface area (TPSA) is 79.4 Å². The van der Waals surface area contributed by atoms with Crippen LogP contribution in [0.2, 0.25) is 25.7 Å². The fraction of sp³-hybridized carbons (Fsp3) is 0.471. The number of nitro benzene ring substituents is 1. The lowest BCUT2D eigenvalue weighted by Gasteiger charge is -2.15. The average molecular weight is 363 g/mol. The van der Waals surface area contributed by atoms with Crippen molar-refractivity contribution in [3.8, 4) is 17.0 Å². The summed E-state index contributed by atoms with van der Waals surface area (Å²) >= 11 is 0. The molecule has 1 aromatic heterocycles. The molecule has 1 aromatic carbocycles. The zero-order valence-corrected chi connectivity index (χ0v) is 16.4. The van der Waals surface area contributed by atoms with Crippen molar-refractivity contribution in [1.29, 1.82) is 0 Å². The SMILES string of the molecule is COc1c(-c2ccc([N+](=O)[O-])cc2)c(C)nn1COCC[Si](C)(C)C. The fourth-order valence-electron chi connectivity index (χ4n) is 2.47. The van der Waals surface area contributed by atoms with Gasteiger partial charge < -0.3 is 9.47 Å². The van der Waals surface area contributed by atoms with E-state index in [2.05, 4.69) is 24.7 Å². The molecule has 0 bridgehead atoms. The highest BCUT2D eigenvalue weighted by molar-refractivity contribution is 6.76. The third-order valence-electron chi connectivity index (χ3n) is 3.85. The number of benzene rings is 1. The molecule has 8 heteroatoms. The Kier molecular flexibility index (Phi) is 5.96. The fourth-order valence-corrected chi connectivity index (χ4v) is 3.22. The number of nitrogens with zero attached hydrogens (tertiary/aromatic N) is 3. The van der Waals surface area contributed by atoms with E-state index in [0.717, 1.165) is 22.9 Å². The minimum atomic E-state index is -1.13. The minimum absolute atomic E-state index is 0.0578. The Bertz CT molecular complexity index is 736. The Labute approximate surface area is 148 Å². The molecule has 0 amide bonds. The lowest BCUT2D eigenvalue weighted by Crippen LogP contribution is -2.22. The van der Waals surface area contributed by atoms with Gasteiger partial charge in [0.2, 0.25) is 5.88 Å². The first-order chi connectivity index (χ1) is 11.7. The molecule has 136 valence electrons. The number of aromatic nitrogens is 2. The monoisotopic (exact) mass is 363 g/mol. The van der Waals surface area contributed by atoms with E-state index in [1.165, 1.54) is 12.1 Å². The van der Waals surface area contributed by atoms with E-state index in [1.54, 1.807) is 23.9 Å². The van der Waals surface area contributed by atoms with Crippen molar-refractivity contribution in [2.75, 3.05) is 13.7 Å². The molecule has 7 nitrogen and oxygen atoms in total. The van der Waals surface area contributed by atoms with E-state index < -0.39 is 13.0 Å². The van der Waals surface area contributed by atoms with Crippen molar-refractivity contribution in [2.24, 2.45) is 0 Å². The van der Waals surface area contributed by atoms with Crippen molar-refractivity contribution in [2.45, 2.75) is 39.3 Å². The third kappa shape index (κ3) is 4.89. The van der Waals surface area contributed by atoms with Gasteiger partial charge in [0.05, 0.1) is 23.3 Å². The first kappa shape index (κ1) is 19.1. The van der Waals surface area contributed by atoms with Gasteiger partial charge in [-0.25, -0.2) is 4.68 Å². The molecule has 0 aliphatic rings. The number of ether oxygens (including phenoxy) is 2. The number of hydrogen-bond donors (Lipinski definition) is 0. The van der Waals surface area contributed by atoms with Crippen molar-refractivity contribution < 1.29 is 14.4 Å². The van der Waals surface area contributed by atoms with Crippen molar-refractivity contribution in [1.82, 2.24) is 9.78 Å². The smallest absolute Gasteiger partial charge is 0.269 e. The molecule has 2 rings (SSSR count). The largest absolute Gasteiger partial charge is 0.481 e. The molecule has 0 atom stereocenters. The molecule has 0 fully saturated rings. The standard InChI is InChI=1S/C17H25N3O4Si/c1-13-16(14-6-8-15(9-7-14)20(21)22)17(23-2)19(18-13)12-24-10-11-25(3,4)5/h6-9H,10-12H2,1-5H3. The minimum Gasteiger partial charge on any atom is -0.481 e. The second-order valence-electron chi connectivity index (χ2n) is 7.12. The normalized spacial score (nSPS) is 11.6. The summed E-state index contributed by atoms with van der Waals surface area (Å²) in [4.78, 5) is 10.4. The van der Waals surface area contributed by atoms with Crippen LogP contribution < -0.4 is 4.74 Å². The highest BCUT2D eigenvalue weighted by atomic mass is 28.3. The highest BCUT2D eigenvalue weighted by Gasteiger charge is 2.19. The molecule has 2 aromatic rings. The molecule has 0 spiro atoms. The average Bonchev–Trinajstić information content (AvgIpc) is 2.86. The van der Waals surface area contributed by atoms with Crippen LogP contribution in [0.3, 0.4) is 0 Å². The highest BCUT2D eigenvalue weighted by Crippen LogP contribution is 2.34. The Morgan fingerprint density at radius 3 is 2.40 bits per heavy atom. The molecule has 0 N–H and O–H groups in total. The summed E-state index contributed by atoms with van der Waals surface area (Å²) in [7, 11) is 0.456. The summed E-state index contributed by atoms with van der Waals surface area (Å²) in [6.45, 7) is 9.83. The molecule has 1 heterocycles. The van der Waals surface area contributed by atoms with Crippen LogP contribution in [0.15, 0.2) is 24.3 Å². The van der Waals surface area contributed by atoms with Crippen LogP contribution in [-0.2, 0) is 11.5 Å². The molecule has 25 heavy (non-hydrogen) atoms. The predicted molar refractivity (Wildman–Crippen MR) is 99.7 cm³/mol. The van der Waals surface area contributed by atoms with Crippen LogP contribution in [0.4, 0.5) is 5.69 Å². The van der Waals surface area contributed by atoms with Gasteiger partial charge in [-0.3, -0.25) is 10.1 Å². The van der Waals surface area contributed by atoms with Gasteiger partial charge in [0.25, 0.3) is 5.69 Å². The van der Waals surface area contributed by atoms with Gasteiger partial charge in [-0.05, 0) is 30.7 Å². The summed E-state index contributed by atoms with van der Waals surface area (Å²) < 4.78 is 13.0.